The lowest BCUT2D eigenvalue weighted by atomic mass is 9.99. The van der Waals surface area contributed by atoms with E-state index in [0.717, 1.165) is 17.8 Å². The third-order valence-corrected chi connectivity index (χ3v) is 6.36. The number of hydrogen-bond acceptors (Lipinski definition) is 5. The predicted molar refractivity (Wildman–Crippen MR) is 116 cm³/mol. The number of hydrogen-bond donors (Lipinski definition) is 1. The van der Waals surface area contributed by atoms with Crippen molar-refractivity contribution in [2.24, 2.45) is 0 Å². The summed E-state index contributed by atoms with van der Waals surface area (Å²) in [7, 11) is 1.54. The van der Waals surface area contributed by atoms with E-state index in [9.17, 15) is 9.18 Å². The van der Waals surface area contributed by atoms with E-state index in [1.807, 2.05) is 0 Å². The molecule has 0 spiro atoms. The van der Waals surface area contributed by atoms with Crippen molar-refractivity contribution in [2.45, 2.75) is 18.8 Å². The van der Waals surface area contributed by atoms with Crippen LogP contribution in [-0.2, 0) is 0 Å². The number of likely N-dealkylation sites (tertiary alicyclic amines) is 1. The molecule has 156 valence electrons. The molecule has 1 N–H and O–H groups in total. The maximum absolute atomic E-state index is 14.1. The second-order valence-corrected chi connectivity index (χ2v) is 8.43. The second-order valence-electron chi connectivity index (χ2n) is 6.99. The van der Waals surface area contributed by atoms with Crippen molar-refractivity contribution < 1.29 is 13.9 Å². The molecule has 3 aromatic rings. The van der Waals surface area contributed by atoms with Crippen LogP contribution in [0.25, 0.3) is 10.6 Å². The monoisotopic (exact) mass is 446 g/mol. The minimum Gasteiger partial charge on any atom is -0.495 e. The standard InChI is InChI=1S/C21H20ClFN4O2S/c1-29-18-9-8-14(22)11-17(18)24-21(28)27-10-4-5-13(12-27)19-25-26-20(30-19)15-6-2-3-7-16(15)23/h2-3,6-9,11,13H,4-5,10,12H2,1H3,(H,24,28)/t13-/m0/s1. The molecule has 2 amide bonds. The number of ether oxygens (including phenoxy) is 1. The first-order valence-electron chi connectivity index (χ1n) is 9.53. The molecule has 0 bridgehead atoms. The molecule has 1 atom stereocenters. The zero-order chi connectivity index (χ0) is 21.1. The van der Waals surface area contributed by atoms with Gasteiger partial charge >= 0.3 is 6.03 Å². The molecule has 2 aromatic carbocycles. The highest BCUT2D eigenvalue weighted by atomic mass is 35.5. The fourth-order valence-corrected chi connectivity index (χ4v) is 4.65. The van der Waals surface area contributed by atoms with Gasteiger partial charge < -0.3 is 15.0 Å². The van der Waals surface area contributed by atoms with Crippen LogP contribution in [0, 0.1) is 5.82 Å². The number of rotatable bonds is 4. The van der Waals surface area contributed by atoms with Crippen molar-refractivity contribution in [2.75, 3.05) is 25.5 Å². The zero-order valence-corrected chi connectivity index (χ0v) is 17.8. The Hall–Kier alpha value is -2.71. The van der Waals surface area contributed by atoms with E-state index in [1.54, 1.807) is 48.4 Å². The molecule has 0 unspecified atom stereocenters. The van der Waals surface area contributed by atoms with Crippen molar-refractivity contribution in [3.05, 3.63) is 58.3 Å². The summed E-state index contributed by atoms with van der Waals surface area (Å²) in [4.78, 5) is 14.6. The minimum absolute atomic E-state index is 0.0591. The molecule has 1 aliphatic rings. The van der Waals surface area contributed by atoms with Gasteiger partial charge in [0, 0.05) is 29.6 Å². The lowest BCUT2D eigenvalue weighted by Crippen LogP contribution is -2.41. The van der Waals surface area contributed by atoms with Crippen molar-refractivity contribution in [3.63, 3.8) is 0 Å². The van der Waals surface area contributed by atoms with Gasteiger partial charge in [0.15, 0.2) is 5.01 Å². The number of piperidine rings is 1. The third kappa shape index (κ3) is 4.39. The molecule has 0 radical (unpaired) electrons. The van der Waals surface area contributed by atoms with Gasteiger partial charge in [0.1, 0.15) is 16.6 Å². The molecule has 6 nitrogen and oxygen atoms in total. The summed E-state index contributed by atoms with van der Waals surface area (Å²) in [6, 6.07) is 11.4. The lowest BCUT2D eigenvalue weighted by Gasteiger charge is -2.31. The van der Waals surface area contributed by atoms with E-state index in [-0.39, 0.29) is 17.8 Å². The van der Waals surface area contributed by atoms with Crippen LogP contribution in [0.1, 0.15) is 23.8 Å². The van der Waals surface area contributed by atoms with Crippen molar-refractivity contribution in [3.8, 4) is 16.3 Å². The summed E-state index contributed by atoms with van der Waals surface area (Å²) in [5.74, 6) is 0.282. The van der Waals surface area contributed by atoms with Crippen LogP contribution in [0.5, 0.6) is 5.75 Å². The van der Waals surface area contributed by atoms with Crippen molar-refractivity contribution in [1.82, 2.24) is 15.1 Å². The summed E-state index contributed by atoms with van der Waals surface area (Å²) in [5.41, 5.74) is 0.967. The third-order valence-electron chi connectivity index (χ3n) is 5.01. The van der Waals surface area contributed by atoms with Crippen LogP contribution in [-0.4, -0.2) is 41.3 Å². The quantitative estimate of drug-likeness (QED) is 0.581. The highest BCUT2D eigenvalue weighted by Crippen LogP contribution is 2.34. The number of anilines is 1. The summed E-state index contributed by atoms with van der Waals surface area (Å²) in [5, 5.41) is 13.2. The minimum atomic E-state index is -0.319. The summed E-state index contributed by atoms with van der Waals surface area (Å²) in [6.45, 7) is 1.16. The highest BCUT2D eigenvalue weighted by molar-refractivity contribution is 7.14. The van der Waals surface area contributed by atoms with Crippen LogP contribution < -0.4 is 10.1 Å². The lowest BCUT2D eigenvalue weighted by molar-refractivity contribution is 0.192. The van der Waals surface area contributed by atoms with Gasteiger partial charge in [0.2, 0.25) is 0 Å². The van der Waals surface area contributed by atoms with Crippen LogP contribution >= 0.6 is 22.9 Å². The maximum atomic E-state index is 14.1. The number of carbonyl (C=O) groups is 1. The Morgan fingerprint density at radius 1 is 1.30 bits per heavy atom. The van der Waals surface area contributed by atoms with Gasteiger partial charge in [-0.15, -0.1) is 10.2 Å². The largest absolute Gasteiger partial charge is 0.495 e. The predicted octanol–water partition coefficient (Wildman–Crippen LogP) is 5.42. The number of halogens is 2. The van der Waals surface area contributed by atoms with Crippen LogP contribution in [0.4, 0.5) is 14.9 Å². The number of benzene rings is 2. The van der Waals surface area contributed by atoms with Crippen LogP contribution in [0.2, 0.25) is 5.02 Å². The molecule has 2 heterocycles. The summed E-state index contributed by atoms with van der Waals surface area (Å²) >= 11 is 7.42. The van der Waals surface area contributed by atoms with Crippen LogP contribution in [0.15, 0.2) is 42.5 Å². The molecule has 1 aliphatic heterocycles. The zero-order valence-electron chi connectivity index (χ0n) is 16.3. The summed E-state index contributed by atoms with van der Waals surface area (Å²) < 4.78 is 19.3. The number of aromatic nitrogens is 2. The van der Waals surface area contributed by atoms with Gasteiger partial charge in [-0.2, -0.15) is 0 Å². The second kappa shape index (κ2) is 8.97. The number of urea groups is 1. The normalized spacial score (nSPS) is 16.4. The molecule has 0 saturated carbocycles. The molecule has 9 heteroatoms. The van der Waals surface area contributed by atoms with Gasteiger partial charge in [-0.3, -0.25) is 0 Å². The first-order chi connectivity index (χ1) is 14.5. The molecule has 4 rings (SSSR count). The first-order valence-corrected chi connectivity index (χ1v) is 10.7. The smallest absolute Gasteiger partial charge is 0.321 e. The van der Waals surface area contributed by atoms with Gasteiger partial charge in [-0.05, 0) is 43.2 Å². The fraction of sp³-hybridized carbons (Fsp3) is 0.286. The molecule has 1 fully saturated rings. The van der Waals surface area contributed by atoms with Gasteiger partial charge in [0.05, 0.1) is 12.8 Å². The Labute approximate surface area is 182 Å². The average Bonchev–Trinajstić information content (AvgIpc) is 3.24. The Morgan fingerprint density at radius 2 is 2.13 bits per heavy atom. The molecule has 1 aromatic heterocycles. The Kier molecular flexibility index (Phi) is 6.15. The van der Waals surface area contributed by atoms with Gasteiger partial charge in [0.25, 0.3) is 0 Å². The number of amides is 2. The number of nitrogens with one attached hydrogen (secondary N) is 1. The highest BCUT2D eigenvalue weighted by Gasteiger charge is 2.28. The molecule has 30 heavy (non-hydrogen) atoms. The van der Waals surface area contributed by atoms with E-state index < -0.39 is 0 Å². The number of nitrogens with zero attached hydrogens (tertiary/aromatic N) is 3. The van der Waals surface area contributed by atoms with E-state index >= 15 is 0 Å². The molecular formula is C21H20ClFN4O2S. The number of carbonyl (C=O) groups excluding carboxylic acids is 1. The SMILES string of the molecule is COc1ccc(Cl)cc1NC(=O)N1CCC[C@H](c2nnc(-c3ccccc3F)s2)C1. The van der Waals surface area contributed by atoms with E-state index in [4.69, 9.17) is 16.3 Å². The van der Waals surface area contributed by atoms with Crippen molar-refractivity contribution >= 4 is 34.7 Å². The molecule has 1 saturated heterocycles. The topological polar surface area (TPSA) is 67.3 Å². The summed E-state index contributed by atoms with van der Waals surface area (Å²) in [6.07, 6.45) is 1.75. The maximum Gasteiger partial charge on any atom is 0.321 e. The van der Waals surface area contributed by atoms with E-state index in [1.165, 1.54) is 17.4 Å². The molecular weight excluding hydrogens is 427 g/mol. The number of methoxy groups -OCH3 is 1. The van der Waals surface area contributed by atoms with Crippen molar-refractivity contribution in [1.29, 1.82) is 0 Å². The van der Waals surface area contributed by atoms with Gasteiger partial charge in [-0.1, -0.05) is 35.1 Å². The molecule has 0 aliphatic carbocycles. The van der Waals surface area contributed by atoms with E-state index in [0.29, 0.717) is 40.1 Å². The fourth-order valence-electron chi connectivity index (χ4n) is 3.48. The van der Waals surface area contributed by atoms with Gasteiger partial charge in [-0.25, -0.2) is 9.18 Å². The van der Waals surface area contributed by atoms with Crippen LogP contribution in [0.3, 0.4) is 0 Å². The Bertz CT molecular complexity index is 1060. The average molecular weight is 447 g/mol. The van der Waals surface area contributed by atoms with E-state index in [2.05, 4.69) is 15.5 Å². The Morgan fingerprint density at radius 3 is 2.93 bits per heavy atom. The Balaban J connectivity index is 1.47. The first kappa shape index (κ1) is 20.6.